The Kier molecular flexibility index (Phi) is 5.22. The first-order valence-electron chi connectivity index (χ1n) is 9.94. The first kappa shape index (κ1) is 18.7. The molecule has 1 atom stereocenters. The number of amides is 2. The fraction of sp³-hybridized carbons (Fsp3) is 0.455. The van der Waals surface area contributed by atoms with Crippen LogP contribution in [-0.2, 0) is 16.1 Å². The first-order chi connectivity index (χ1) is 13.6. The number of hydrogen-bond acceptors (Lipinski definition) is 4. The van der Waals surface area contributed by atoms with Gasteiger partial charge >= 0.3 is 0 Å². The van der Waals surface area contributed by atoms with Gasteiger partial charge in [0.2, 0.25) is 5.91 Å². The van der Waals surface area contributed by atoms with Gasteiger partial charge in [0.15, 0.2) is 0 Å². The maximum Gasteiger partial charge on any atom is 0.257 e. The van der Waals surface area contributed by atoms with E-state index in [1.54, 1.807) is 17.2 Å². The lowest BCUT2D eigenvalue weighted by atomic mass is 9.89. The van der Waals surface area contributed by atoms with Crippen molar-refractivity contribution in [2.75, 3.05) is 6.61 Å². The number of benzene rings is 1. The molecule has 1 aliphatic carbocycles. The molecule has 148 valence electrons. The van der Waals surface area contributed by atoms with Crippen molar-refractivity contribution in [2.24, 2.45) is 0 Å². The number of nitrogens with one attached hydrogen (secondary N) is 1. The lowest BCUT2D eigenvalue weighted by molar-refractivity contribution is -0.127. The van der Waals surface area contributed by atoms with Gasteiger partial charge in [-0.25, -0.2) is 0 Å². The summed E-state index contributed by atoms with van der Waals surface area (Å²) < 4.78 is 11.5. The Labute approximate surface area is 164 Å². The molecule has 2 aromatic rings. The van der Waals surface area contributed by atoms with Gasteiger partial charge < -0.3 is 14.5 Å². The van der Waals surface area contributed by atoms with Gasteiger partial charge in [0.25, 0.3) is 5.91 Å². The van der Waals surface area contributed by atoms with Crippen LogP contribution in [0.1, 0.15) is 53.8 Å². The smallest absolute Gasteiger partial charge is 0.257 e. The van der Waals surface area contributed by atoms with Gasteiger partial charge in [0, 0.05) is 5.56 Å². The highest BCUT2D eigenvalue weighted by Crippen LogP contribution is 2.41. The fourth-order valence-corrected chi connectivity index (χ4v) is 4.32. The average Bonchev–Trinajstić information content (AvgIpc) is 3.35. The molecular weight excluding hydrogens is 356 g/mol. The third kappa shape index (κ3) is 3.44. The van der Waals surface area contributed by atoms with E-state index in [4.69, 9.17) is 9.15 Å². The molecule has 0 radical (unpaired) electrons. The van der Waals surface area contributed by atoms with Crippen molar-refractivity contribution in [3.05, 3.63) is 59.5 Å². The van der Waals surface area contributed by atoms with Crippen LogP contribution in [0.3, 0.4) is 0 Å². The zero-order valence-corrected chi connectivity index (χ0v) is 16.1. The van der Waals surface area contributed by atoms with Gasteiger partial charge in [-0.1, -0.05) is 24.6 Å². The molecule has 1 spiro atoms. The lowest BCUT2D eigenvalue weighted by Crippen LogP contribution is -2.56. The van der Waals surface area contributed by atoms with E-state index in [9.17, 15) is 9.59 Å². The van der Waals surface area contributed by atoms with E-state index in [0.717, 1.165) is 37.7 Å². The highest BCUT2D eigenvalue weighted by molar-refractivity contribution is 5.99. The first-order valence-corrected chi connectivity index (χ1v) is 9.94. The monoisotopic (exact) mass is 382 g/mol. The molecule has 1 saturated carbocycles. The Balaban J connectivity index is 1.60. The van der Waals surface area contributed by atoms with E-state index >= 15 is 0 Å². The molecule has 6 nitrogen and oxygen atoms in total. The Bertz CT molecular complexity index is 840. The summed E-state index contributed by atoms with van der Waals surface area (Å²) in [6.07, 6.45) is 6.24. The Morgan fingerprint density at radius 3 is 2.64 bits per heavy atom. The SMILES string of the molecule is Cc1ccccc1C(=O)N1C(C(=O)NCc2ccco2)COC12CCCCC2. The van der Waals surface area contributed by atoms with E-state index in [0.29, 0.717) is 17.9 Å². The maximum atomic E-state index is 13.5. The van der Waals surface area contributed by atoms with Crippen molar-refractivity contribution in [2.45, 2.75) is 57.3 Å². The average molecular weight is 382 g/mol. The van der Waals surface area contributed by atoms with Gasteiger partial charge in [-0.15, -0.1) is 0 Å². The number of ether oxygens (including phenoxy) is 1. The molecule has 2 aliphatic rings. The summed E-state index contributed by atoms with van der Waals surface area (Å²) in [6, 6.07) is 10.5. The molecule has 1 unspecified atom stereocenters. The number of furan rings is 1. The number of hydrogen-bond donors (Lipinski definition) is 1. The molecule has 1 N–H and O–H groups in total. The predicted octanol–water partition coefficient (Wildman–Crippen LogP) is 3.41. The molecule has 1 aromatic heterocycles. The third-order valence-electron chi connectivity index (χ3n) is 5.81. The summed E-state index contributed by atoms with van der Waals surface area (Å²) in [4.78, 5) is 28.2. The highest BCUT2D eigenvalue weighted by atomic mass is 16.5. The summed E-state index contributed by atoms with van der Waals surface area (Å²) in [6.45, 7) is 2.44. The van der Waals surface area contributed by atoms with Gasteiger partial charge in [-0.2, -0.15) is 0 Å². The van der Waals surface area contributed by atoms with Crippen LogP contribution in [0, 0.1) is 6.92 Å². The highest BCUT2D eigenvalue weighted by Gasteiger charge is 2.53. The molecule has 6 heteroatoms. The van der Waals surface area contributed by atoms with Crippen LogP contribution in [0.4, 0.5) is 0 Å². The van der Waals surface area contributed by atoms with Crippen LogP contribution in [0.25, 0.3) is 0 Å². The number of carbonyl (C=O) groups excluding carboxylic acids is 2. The minimum Gasteiger partial charge on any atom is -0.467 e. The van der Waals surface area contributed by atoms with E-state index in [1.165, 1.54) is 0 Å². The second-order valence-electron chi connectivity index (χ2n) is 7.62. The zero-order chi connectivity index (χ0) is 19.6. The lowest BCUT2D eigenvalue weighted by Gasteiger charge is -2.41. The number of rotatable bonds is 4. The number of aryl methyl sites for hydroxylation is 1. The largest absolute Gasteiger partial charge is 0.467 e. The van der Waals surface area contributed by atoms with Crippen LogP contribution in [0.15, 0.2) is 47.1 Å². The molecule has 2 heterocycles. The van der Waals surface area contributed by atoms with Gasteiger partial charge in [-0.05, 0) is 56.4 Å². The van der Waals surface area contributed by atoms with Crippen molar-refractivity contribution in [3.63, 3.8) is 0 Å². The molecular formula is C22H26N2O4. The summed E-state index contributed by atoms with van der Waals surface area (Å²) in [5.41, 5.74) is 0.853. The quantitative estimate of drug-likeness (QED) is 0.880. The summed E-state index contributed by atoms with van der Waals surface area (Å²) in [7, 11) is 0. The minimum atomic E-state index is -0.676. The van der Waals surface area contributed by atoms with Crippen molar-refractivity contribution in [1.29, 1.82) is 0 Å². The predicted molar refractivity (Wildman–Crippen MR) is 103 cm³/mol. The minimum absolute atomic E-state index is 0.129. The van der Waals surface area contributed by atoms with Crippen molar-refractivity contribution < 1.29 is 18.7 Å². The summed E-state index contributed by atoms with van der Waals surface area (Å²) in [5.74, 6) is 0.341. The Morgan fingerprint density at radius 1 is 1.14 bits per heavy atom. The van der Waals surface area contributed by atoms with Crippen molar-refractivity contribution in [1.82, 2.24) is 10.2 Å². The number of nitrogens with zero attached hydrogens (tertiary/aromatic N) is 1. The van der Waals surface area contributed by atoms with Crippen LogP contribution >= 0.6 is 0 Å². The number of carbonyl (C=O) groups is 2. The third-order valence-corrected chi connectivity index (χ3v) is 5.81. The molecule has 0 bridgehead atoms. The van der Waals surface area contributed by atoms with Crippen molar-refractivity contribution >= 4 is 11.8 Å². The second-order valence-corrected chi connectivity index (χ2v) is 7.62. The normalized spacial score (nSPS) is 21.0. The second kappa shape index (κ2) is 7.80. The summed E-state index contributed by atoms with van der Waals surface area (Å²) >= 11 is 0. The molecule has 4 rings (SSSR count). The summed E-state index contributed by atoms with van der Waals surface area (Å²) in [5, 5.41) is 2.89. The van der Waals surface area contributed by atoms with E-state index < -0.39 is 11.8 Å². The van der Waals surface area contributed by atoms with E-state index in [1.807, 2.05) is 37.3 Å². The fourth-order valence-electron chi connectivity index (χ4n) is 4.32. The van der Waals surface area contributed by atoms with E-state index in [-0.39, 0.29) is 18.4 Å². The van der Waals surface area contributed by atoms with Crippen molar-refractivity contribution in [3.8, 4) is 0 Å². The molecule has 2 amide bonds. The standard InChI is InChI=1S/C22H26N2O4/c1-16-8-3-4-10-18(16)21(26)24-19(15-28-22(24)11-5-2-6-12-22)20(25)23-14-17-9-7-13-27-17/h3-4,7-10,13,19H,2,5-6,11-12,14-15H2,1H3,(H,23,25). The van der Waals surface area contributed by atoms with Gasteiger partial charge in [0.05, 0.1) is 19.4 Å². The molecule has 1 aromatic carbocycles. The molecule has 2 fully saturated rings. The van der Waals surface area contributed by atoms with E-state index in [2.05, 4.69) is 5.32 Å². The topological polar surface area (TPSA) is 71.8 Å². The molecule has 28 heavy (non-hydrogen) atoms. The van der Waals surface area contributed by atoms with Gasteiger partial charge in [0.1, 0.15) is 17.5 Å². The van der Waals surface area contributed by atoms with Crippen LogP contribution in [-0.4, -0.2) is 35.1 Å². The maximum absolute atomic E-state index is 13.5. The Hall–Kier alpha value is -2.60. The molecule has 1 aliphatic heterocycles. The Morgan fingerprint density at radius 2 is 1.93 bits per heavy atom. The molecule has 1 saturated heterocycles. The van der Waals surface area contributed by atoms with Crippen LogP contribution in [0.5, 0.6) is 0 Å². The van der Waals surface area contributed by atoms with Crippen LogP contribution < -0.4 is 5.32 Å². The van der Waals surface area contributed by atoms with Gasteiger partial charge in [-0.3, -0.25) is 14.5 Å². The zero-order valence-electron chi connectivity index (χ0n) is 16.1. The van der Waals surface area contributed by atoms with Crippen LogP contribution in [0.2, 0.25) is 0 Å².